The highest BCUT2D eigenvalue weighted by Gasteiger charge is 2.20. The van der Waals surface area contributed by atoms with Crippen LogP contribution in [0.5, 0.6) is 0 Å². The summed E-state index contributed by atoms with van der Waals surface area (Å²) >= 11 is 1.51. The topological polar surface area (TPSA) is 51.0 Å². The second kappa shape index (κ2) is 6.49. The van der Waals surface area contributed by atoms with E-state index in [1.165, 1.54) is 17.1 Å². The summed E-state index contributed by atoms with van der Waals surface area (Å²) in [5.41, 5.74) is 2.21. The van der Waals surface area contributed by atoms with Gasteiger partial charge >= 0.3 is 0 Å². The molecular formula is C15H20N4OS. The summed E-state index contributed by atoms with van der Waals surface area (Å²) in [5, 5.41) is 6.44. The Balaban J connectivity index is 1.54. The molecule has 2 aromatic rings. The average Bonchev–Trinajstić information content (AvgIpc) is 2.98. The Labute approximate surface area is 128 Å². The van der Waals surface area contributed by atoms with Crippen molar-refractivity contribution < 1.29 is 0 Å². The standard InChI is InChI=1S/C15H20N4OS/c1-12-2-3-15(20)19(17-12)10-13-4-6-18(7-5-13)9-14-8-16-21-11-14/h2-3,8,11,13H,4-7,9-10H2,1H3. The molecule has 0 bridgehead atoms. The number of piperidine rings is 1. The molecule has 0 aliphatic carbocycles. The summed E-state index contributed by atoms with van der Waals surface area (Å²) in [6.45, 7) is 5.83. The Morgan fingerprint density at radius 2 is 2.14 bits per heavy atom. The molecule has 0 atom stereocenters. The number of rotatable bonds is 4. The molecule has 1 fully saturated rings. The predicted octanol–water partition coefficient (Wildman–Crippen LogP) is 1.92. The van der Waals surface area contributed by atoms with E-state index in [0.29, 0.717) is 5.92 Å². The van der Waals surface area contributed by atoms with Crippen molar-refractivity contribution in [2.45, 2.75) is 32.9 Å². The summed E-state index contributed by atoms with van der Waals surface area (Å²) in [5.74, 6) is 0.550. The number of hydrogen-bond donors (Lipinski definition) is 0. The number of likely N-dealkylation sites (tertiary alicyclic amines) is 1. The third kappa shape index (κ3) is 3.77. The van der Waals surface area contributed by atoms with Crippen molar-refractivity contribution in [1.29, 1.82) is 0 Å². The van der Waals surface area contributed by atoms with E-state index < -0.39 is 0 Å². The van der Waals surface area contributed by atoms with Crippen LogP contribution in [-0.2, 0) is 13.1 Å². The zero-order chi connectivity index (χ0) is 14.7. The molecule has 0 aromatic carbocycles. The first-order chi connectivity index (χ1) is 10.2. The van der Waals surface area contributed by atoms with Crippen molar-refractivity contribution in [3.8, 4) is 0 Å². The fourth-order valence-corrected chi connectivity index (χ4v) is 3.34. The van der Waals surface area contributed by atoms with Crippen LogP contribution in [0, 0.1) is 12.8 Å². The molecule has 0 radical (unpaired) electrons. The van der Waals surface area contributed by atoms with Crippen LogP contribution < -0.4 is 5.56 Å². The fourth-order valence-electron chi connectivity index (χ4n) is 2.82. The first kappa shape index (κ1) is 14.4. The molecule has 0 unspecified atom stereocenters. The van der Waals surface area contributed by atoms with Gasteiger partial charge in [0.15, 0.2) is 0 Å². The van der Waals surface area contributed by atoms with Gasteiger partial charge in [-0.2, -0.15) is 5.10 Å². The van der Waals surface area contributed by atoms with Gasteiger partial charge in [-0.1, -0.05) is 0 Å². The lowest BCUT2D eigenvalue weighted by atomic mass is 9.96. The second-order valence-corrected chi connectivity index (χ2v) is 6.40. The summed E-state index contributed by atoms with van der Waals surface area (Å²) in [6, 6.07) is 3.39. The van der Waals surface area contributed by atoms with Gasteiger partial charge in [-0.05, 0) is 61.9 Å². The molecule has 21 heavy (non-hydrogen) atoms. The number of aryl methyl sites for hydroxylation is 1. The summed E-state index contributed by atoms with van der Waals surface area (Å²) in [6.07, 6.45) is 4.20. The van der Waals surface area contributed by atoms with E-state index >= 15 is 0 Å². The molecule has 0 N–H and O–H groups in total. The molecule has 0 saturated carbocycles. The first-order valence-corrected chi connectivity index (χ1v) is 8.20. The highest BCUT2D eigenvalue weighted by atomic mass is 32.1. The molecule has 3 heterocycles. The average molecular weight is 304 g/mol. The maximum Gasteiger partial charge on any atom is 0.266 e. The van der Waals surface area contributed by atoms with Crippen LogP contribution in [0.2, 0.25) is 0 Å². The van der Waals surface area contributed by atoms with E-state index in [-0.39, 0.29) is 5.56 Å². The Morgan fingerprint density at radius 1 is 1.33 bits per heavy atom. The van der Waals surface area contributed by atoms with Gasteiger partial charge in [0.1, 0.15) is 0 Å². The molecule has 5 nitrogen and oxygen atoms in total. The van der Waals surface area contributed by atoms with E-state index in [0.717, 1.165) is 44.7 Å². The maximum absolute atomic E-state index is 11.8. The monoisotopic (exact) mass is 304 g/mol. The van der Waals surface area contributed by atoms with Crippen LogP contribution >= 0.6 is 11.5 Å². The SMILES string of the molecule is Cc1ccc(=O)n(CC2CCN(Cc3cnsc3)CC2)n1. The van der Waals surface area contributed by atoms with Gasteiger partial charge in [0.05, 0.1) is 5.69 Å². The first-order valence-electron chi connectivity index (χ1n) is 7.36. The molecule has 0 spiro atoms. The van der Waals surface area contributed by atoms with Crippen molar-refractivity contribution >= 4 is 11.5 Å². The highest BCUT2D eigenvalue weighted by Crippen LogP contribution is 2.20. The van der Waals surface area contributed by atoms with Gasteiger partial charge in [-0.15, -0.1) is 0 Å². The minimum Gasteiger partial charge on any atom is -0.299 e. The van der Waals surface area contributed by atoms with Crippen molar-refractivity contribution in [2.24, 2.45) is 5.92 Å². The normalized spacial score (nSPS) is 17.2. The van der Waals surface area contributed by atoms with Crippen molar-refractivity contribution in [2.75, 3.05) is 13.1 Å². The Kier molecular flexibility index (Phi) is 4.45. The highest BCUT2D eigenvalue weighted by molar-refractivity contribution is 7.03. The fraction of sp³-hybridized carbons (Fsp3) is 0.533. The number of aromatic nitrogens is 3. The zero-order valence-corrected chi connectivity index (χ0v) is 13.1. The van der Waals surface area contributed by atoms with Crippen LogP contribution in [0.3, 0.4) is 0 Å². The Bertz CT molecular complexity index is 629. The molecule has 112 valence electrons. The van der Waals surface area contributed by atoms with Crippen LogP contribution in [-0.4, -0.2) is 32.1 Å². The Hall–Kier alpha value is -1.53. The van der Waals surface area contributed by atoms with Crippen LogP contribution in [0.25, 0.3) is 0 Å². The summed E-state index contributed by atoms with van der Waals surface area (Å²) < 4.78 is 5.77. The molecule has 1 saturated heterocycles. The maximum atomic E-state index is 11.8. The van der Waals surface area contributed by atoms with Crippen LogP contribution in [0.1, 0.15) is 24.1 Å². The lowest BCUT2D eigenvalue weighted by Crippen LogP contribution is -2.36. The third-order valence-electron chi connectivity index (χ3n) is 4.03. The summed E-state index contributed by atoms with van der Waals surface area (Å²) in [4.78, 5) is 14.3. The molecule has 6 heteroatoms. The van der Waals surface area contributed by atoms with Gasteiger partial charge < -0.3 is 0 Å². The molecular weight excluding hydrogens is 284 g/mol. The molecule has 1 aliphatic rings. The van der Waals surface area contributed by atoms with Crippen LogP contribution in [0.4, 0.5) is 0 Å². The smallest absolute Gasteiger partial charge is 0.266 e. The predicted molar refractivity (Wildman–Crippen MR) is 83.3 cm³/mol. The second-order valence-electron chi connectivity index (χ2n) is 5.75. The van der Waals surface area contributed by atoms with Gasteiger partial charge in [0, 0.05) is 30.7 Å². The molecule has 2 aromatic heterocycles. The largest absolute Gasteiger partial charge is 0.299 e. The van der Waals surface area contributed by atoms with Gasteiger partial charge in [0.2, 0.25) is 0 Å². The van der Waals surface area contributed by atoms with E-state index in [9.17, 15) is 4.79 Å². The van der Waals surface area contributed by atoms with Crippen molar-refractivity contribution in [1.82, 2.24) is 19.1 Å². The molecule has 1 aliphatic heterocycles. The van der Waals surface area contributed by atoms with Gasteiger partial charge in [-0.25, -0.2) is 9.06 Å². The van der Waals surface area contributed by atoms with Gasteiger partial charge in [-0.3, -0.25) is 9.69 Å². The van der Waals surface area contributed by atoms with E-state index in [1.807, 2.05) is 13.1 Å². The quantitative estimate of drug-likeness (QED) is 0.866. The minimum absolute atomic E-state index is 0.00683. The van der Waals surface area contributed by atoms with E-state index in [4.69, 9.17) is 0 Å². The third-order valence-corrected chi connectivity index (χ3v) is 4.66. The van der Waals surface area contributed by atoms with Crippen molar-refractivity contribution in [3.05, 3.63) is 45.3 Å². The Morgan fingerprint density at radius 3 is 2.86 bits per heavy atom. The molecule has 0 amide bonds. The number of nitrogens with zero attached hydrogens (tertiary/aromatic N) is 4. The number of hydrogen-bond acceptors (Lipinski definition) is 5. The van der Waals surface area contributed by atoms with E-state index in [2.05, 4.69) is 19.8 Å². The van der Waals surface area contributed by atoms with Crippen LogP contribution in [0.15, 0.2) is 28.5 Å². The minimum atomic E-state index is 0.00683. The zero-order valence-electron chi connectivity index (χ0n) is 12.2. The van der Waals surface area contributed by atoms with Crippen molar-refractivity contribution in [3.63, 3.8) is 0 Å². The lowest BCUT2D eigenvalue weighted by Gasteiger charge is -2.31. The summed E-state index contributed by atoms with van der Waals surface area (Å²) in [7, 11) is 0. The lowest BCUT2D eigenvalue weighted by molar-refractivity contribution is 0.163. The molecule has 3 rings (SSSR count). The van der Waals surface area contributed by atoms with Gasteiger partial charge in [0.25, 0.3) is 5.56 Å². The van der Waals surface area contributed by atoms with E-state index in [1.54, 1.807) is 16.8 Å².